The Hall–Kier alpha value is -5.27. The monoisotopic (exact) mass is 877 g/mol. The summed E-state index contributed by atoms with van der Waals surface area (Å²) in [6.45, 7) is 6.06. The van der Waals surface area contributed by atoms with E-state index in [4.69, 9.17) is 11.6 Å². The van der Waals surface area contributed by atoms with Crippen LogP contribution in [0.3, 0.4) is 0 Å². The second kappa shape index (κ2) is 20.1. The van der Waals surface area contributed by atoms with E-state index in [0.29, 0.717) is 31.9 Å². The molecule has 6 N–H and O–H groups in total. The van der Waals surface area contributed by atoms with Crippen molar-refractivity contribution in [3.8, 4) is 0 Å². The predicted molar refractivity (Wildman–Crippen MR) is 214 cm³/mol. The van der Waals surface area contributed by atoms with Crippen molar-refractivity contribution in [2.45, 2.75) is 115 Å². The number of hydrogen-bond acceptors (Lipinski definition) is 9. The van der Waals surface area contributed by atoms with Crippen LogP contribution in [0.2, 0.25) is 5.02 Å². The third-order valence-electron chi connectivity index (χ3n) is 11.1. The van der Waals surface area contributed by atoms with Crippen molar-refractivity contribution >= 4 is 58.6 Å². The Bertz CT molecular complexity index is 2010. The standard InChI is InChI=1S/C41H51ClF3N7O9/c1-20-11-33(22(3)53)51(18-20)38(58)21(2)46-37(57)32-7-5-6-10-50(32)39(59)34-17-28(55)19-52(34)40(60)35(23(4)54)49-36(56)31(14-24-12-26(43)16-27(44)13-24)48-41(61)47-30-9-8-25(42)15-29(30)45/h8-9,12-13,15-16,20-21,23,28,31-35,54-55H,5-7,10-11,14,17-19H2,1-4H3,(H,46,57)(H,49,56)(H2,47,48,61)/t20-,21+,23+,28-,31+,32+,33+,34+,35+/m1/s1. The summed E-state index contributed by atoms with van der Waals surface area (Å²) in [6.07, 6.45) is -1.84. The van der Waals surface area contributed by atoms with E-state index in [-0.39, 0.29) is 47.4 Å². The summed E-state index contributed by atoms with van der Waals surface area (Å²) in [5.74, 6) is -6.83. The summed E-state index contributed by atoms with van der Waals surface area (Å²) in [6, 6.07) is -2.86. The number of ketones is 1. The average molecular weight is 878 g/mol. The van der Waals surface area contributed by atoms with Crippen molar-refractivity contribution in [3.05, 3.63) is 64.4 Å². The largest absolute Gasteiger partial charge is 0.391 e. The number of likely N-dealkylation sites (tertiary alicyclic amines) is 3. The number of hydrogen-bond donors (Lipinski definition) is 6. The van der Waals surface area contributed by atoms with Crippen LogP contribution in [0.4, 0.5) is 23.7 Å². The Kier molecular flexibility index (Phi) is 15.4. The van der Waals surface area contributed by atoms with Crippen LogP contribution < -0.4 is 21.3 Å². The number of aliphatic hydroxyl groups excluding tert-OH is 2. The third-order valence-corrected chi connectivity index (χ3v) is 11.4. The number of halogens is 4. The second-order valence-electron chi connectivity index (χ2n) is 16.1. The molecule has 2 aromatic carbocycles. The maximum atomic E-state index is 14.5. The number of nitrogens with one attached hydrogen (secondary N) is 4. The Morgan fingerprint density at radius 2 is 1.51 bits per heavy atom. The Balaban J connectivity index is 1.32. The van der Waals surface area contributed by atoms with E-state index in [0.717, 1.165) is 29.2 Å². The SMILES string of the molecule is CC(=O)[C@@H]1C[C@@H](C)CN1C(=O)[C@H](C)NC(=O)[C@@H]1CCCCN1C(=O)[C@@H]1C[C@@H](O)CN1C(=O)[C@@H](NC(=O)[C@H](Cc1cc(F)cc(F)c1)NC(=O)Nc1ccc(Cl)cc1F)[C@H](C)O. The van der Waals surface area contributed by atoms with Crippen molar-refractivity contribution in [3.63, 3.8) is 0 Å². The summed E-state index contributed by atoms with van der Waals surface area (Å²) >= 11 is 5.79. The van der Waals surface area contributed by atoms with Gasteiger partial charge in [-0.1, -0.05) is 18.5 Å². The number of Topliss-reactive ketones (excluding diaryl/α,β-unsaturated/α-hetero) is 1. The topological polar surface area (TPSA) is 218 Å². The molecule has 16 nitrogen and oxygen atoms in total. The number of urea groups is 1. The number of benzene rings is 2. The average Bonchev–Trinajstić information content (AvgIpc) is 3.78. The van der Waals surface area contributed by atoms with Crippen molar-refractivity contribution in [2.75, 3.05) is 25.0 Å². The molecule has 0 unspecified atom stereocenters. The van der Waals surface area contributed by atoms with E-state index in [1.54, 1.807) is 0 Å². The van der Waals surface area contributed by atoms with E-state index in [1.807, 2.05) is 6.92 Å². The van der Waals surface area contributed by atoms with Crippen LogP contribution in [0.5, 0.6) is 0 Å². The molecular weight excluding hydrogens is 827 g/mol. The van der Waals surface area contributed by atoms with Gasteiger partial charge in [0.15, 0.2) is 5.78 Å². The van der Waals surface area contributed by atoms with Gasteiger partial charge in [-0.25, -0.2) is 18.0 Å². The van der Waals surface area contributed by atoms with Crippen LogP contribution in [-0.4, -0.2) is 134 Å². The number of β-amino-alcohol motifs (C(OH)–C–C–N with tert-alkyl or cyclic N) is 1. The smallest absolute Gasteiger partial charge is 0.319 e. The number of aliphatic hydroxyl groups is 2. The van der Waals surface area contributed by atoms with Crippen molar-refractivity contribution < 1.29 is 56.9 Å². The molecular formula is C41H51ClF3N7O9. The van der Waals surface area contributed by atoms with E-state index in [2.05, 4.69) is 21.3 Å². The molecule has 20 heteroatoms. The molecule has 3 heterocycles. The maximum Gasteiger partial charge on any atom is 0.319 e. The minimum atomic E-state index is -1.79. The first-order valence-corrected chi connectivity index (χ1v) is 20.5. The number of carbonyl (C=O) groups is 7. The lowest BCUT2D eigenvalue weighted by atomic mass is 9.99. The van der Waals surface area contributed by atoms with Crippen LogP contribution in [0.15, 0.2) is 36.4 Å². The van der Waals surface area contributed by atoms with Gasteiger partial charge in [0.2, 0.25) is 29.5 Å². The molecule has 7 amide bonds. The van der Waals surface area contributed by atoms with Crippen LogP contribution in [0.25, 0.3) is 0 Å². The fourth-order valence-corrected chi connectivity index (χ4v) is 8.31. The highest BCUT2D eigenvalue weighted by atomic mass is 35.5. The van der Waals surface area contributed by atoms with Crippen LogP contribution in [0, 0.1) is 23.4 Å². The number of amides is 7. The number of anilines is 1. The quantitative estimate of drug-likeness (QED) is 0.173. The van der Waals surface area contributed by atoms with Gasteiger partial charge in [-0.15, -0.1) is 0 Å². The van der Waals surface area contributed by atoms with Crippen LogP contribution in [0.1, 0.15) is 65.4 Å². The molecule has 5 rings (SSSR count). The van der Waals surface area contributed by atoms with Crippen molar-refractivity contribution in [2.24, 2.45) is 5.92 Å². The highest BCUT2D eigenvalue weighted by Crippen LogP contribution is 2.28. The molecule has 3 fully saturated rings. The summed E-state index contributed by atoms with van der Waals surface area (Å²) < 4.78 is 42.8. The van der Waals surface area contributed by atoms with Crippen molar-refractivity contribution in [1.82, 2.24) is 30.7 Å². The zero-order valence-electron chi connectivity index (χ0n) is 34.1. The van der Waals surface area contributed by atoms with Gasteiger partial charge < -0.3 is 46.2 Å². The third kappa shape index (κ3) is 11.6. The minimum absolute atomic E-state index is 0.0364. The molecule has 0 radical (unpaired) electrons. The lowest BCUT2D eigenvalue weighted by Gasteiger charge is -2.39. The van der Waals surface area contributed by atoms with E-state index >= 15 is 0 Å². The highest BCUT2D eigenvalue weighted by molar-refractivity contribution is 6.30. The Morgan fingerprint density at radius 3 is 2.15 bits per heavy atom. The van der Waals surface area contributed by atoms with Gasteiger partial charge in [0.05, 0.1) is 23.9 Å². The van der Waals surface area contributed by atoms with Gasteiger partial charge in [-0.2, -0.15) is 0 Å². The summed E-state index contributed by atoms with van der Waals surface area (Å²) in [5, 5.41) is 31.1. The lowest BCUT2D eigenvalue weighted by molar-refractivity contribution is -0.152. The van der Waals surface area contributed by atoms with Gasteiger partial charge in [0, 0.05) is 43.6 Å². The molecule has 3 saturated heterocycles. The molecule has 332 valence electrons. The zero-order chi connectivity index (χ0) is 44.9. The van der Waals surface area contributed by atoms with Gasteiger partial charge >= 0.3 is 6.03 Å². The Morgan fingerprint density at radius 1 is 0.836 bits per heavy atom. The summed E-state index contributed by atoms with van der Waals surface area (Å²) in [4.78, 5) is 98.4. The first-order valence-electron chi connectivity index (χ1n) is 20.1. The van der Waals surface area contributed by atoms with Gasteiger partial charge in [0.25, 0.3) is 0 Å². The van der Waals surface area contributed by atoms with E-state index in [1.165, 1.54) is 36.6 Å². The normalized spacial score (nSPS) is 23.4. The van der Waals surface area contributed by atoms with Crippen LogP contribution in [-0.2, 0) is 35.2 Å². The van der Waals surface area contributed by atoms with E-state index in [9.17, 15) is 56.9 Å². The van der Waals surface area contributed by atoms with Gasteiger partial charge in [0.1, 0.15) is 47.7 Å². The number of rotatable bonds is 13. The lowest BCUT2D eigenvalue weighted by Crippen LogP contribution is -2.62. The van der Waals surface area contributed by atoms with Gasteiger partial charge in [-0.05, 0) is 88.3 Å². The van der Waals surface area contributed by atoms with Gasteiger partial charge in [-0.3, -0.25) is 28.8 Å². The summed E-state index contributed by atoms with van der Waals surface area (Å²) in [7, 11) is 0. The molecule has 3 aliphatic rings. The number of carbonyl (C=O) groups excluding carboxylic acids is 7. The highest BCUT2D eigenvalue weighted by Gasteiger charge is 2.47. The minimum Gasteiger partial charge on any atom is -0.391 e. The molecule has 0 aliphatic carbocycles. The van der Waals surface area contributed by atoms with Crippen LogP contribution >= 0.6 is 11.6 Å². The first-order chi connectivity index (χ1) is 28.7. The fraction of sp³-hybridized carbons (Fsp3) is 0.537. The fourth-order valence-electron chi connectivity index (χ4n) is 8.15. The van der Waals surface area contributed by atoms with Crippen molar-refractivity contribution in [1.29, 1.82) is 0 Å². The molecule has 0 spiro atoms. The number of piperidine rings is 1. The first kappa shape index (κ1) is 46.8. The Labute approximate surface area is 355 Å². The molecule has 9 atom stereocenters. The predicted octanol–water partition coefficient (Wildman–Crippen LogP) is 2.03. The molecule has 0 saturated carbocycles. The molecule has 0 bridgehead atoms. The molecule has 61 heavy (non-hydrogen) atoms. The molecule has 3 aliphatic heterocycles. The van der Waals surface area contributed by atoms with E-state index < -0.39 is 114 Å². The molecule has 2 aromatic rings. The molecule has 0 aromatic heterocycles. The number of nitrogens with zero attached hydrogens (tertiary/aromatic N) is 3. The zero-order valence-corrected chi connectivity index (χ0v) is 34.9. The summed E-state index contributed by atoms with van der Waals surface area (Å²) in [5.41, 5.74) is -0.414. The maximum absolute atomic E-state index is 14.5. The second-order valence-corrected chi connectivity index (χ2v) is 16.5.